The van der Waals surface area contributed by atoms with Gasteiger partial charge < -0.3 is 35.1 Å². The number of aromatic carboxylic acids is 1. The van der Waals surface area contributed by atoms with Crippen LogP contribution in [0.4, 0.5) is 10.5 Å². The second kappa shape index (κ2) is 16.4. The van der Waals surface area contributed by atoms with Crippen LogP contribution in [0.1, 0.15) is 51.9 Å². The van der Waals surface area contributed by atoms with E-state index in [1.807, 2.05) is 67.6 Å². The van der Waals surface area contributed by atoms with E-state index in [2.05, 4.69) is 10.6 Å². The number of nitrogens with one attached hydrogen (secondary N) is 2. The average molecular weight is 671 g/mol. The first-order chi connectivity index (χ1) is 23.2. The normalized spacial score (nSPS) is 19.6. The Morgan fingerprint density at radius 2 is 1.60 bits per heavy atom. The van der Waals surface area contributed by atoms with E-state index in [1.165, 1.54) is 18.9 Å². The second-order valence-corrected chi connectivity index (χ2v) is 12.5. The third-order valence-corrected chi connectivity index (χ3v) is 9.30. The van der Waals surface area contributed by atoms with Crippen LogP contribution in [0.3, 0.4) is 0 Å². The smallest absolute Gasteiger partial charge is 0.336 e. The summed E-state index contributed by atoms with van der Waals surface area (Å²) in [6.07, 6.45) is -1.26. The summed E-state index contributed by atoms with van der Waals surface area (Å²) in [7, 11) is 1.28. The molecule has 1 fully saturated rings. The van der Waals surface area contributed by atoms with Crippen molar-refractivity contribution in [1.82, 2.24) is 5.32 Å². The third kappa shape index (κ3) is 8.81. The summed E-state index contributed by atoms with van der Waals surface area (Å²) in [4.78, 5) is 38.0. The number of thioether (sulfide) groups is 1. The maximum absolute atomic E-state index is 13.0. The largest absolute Gasteiger partial charge is 0.478 e. The fraction of sp³-hybridized carbons (Fsp3) is 0.270. The van der Waals surface area contributed by atoms with Crippen LogP contribution < -0.4 is 10.6 Å². The predicted molar refractivity (Wildman–Crippen MR) is 182 cm³/mol. The number of hydrogen-bond acceptors (Lipinski definition) is 8. The van der Waals surface area contributed by atoms with Crippen LogP contribution in [-0.4, -0.2) is 53.2 Å². The zero-order chi connectivity index (χ0) is 34.0. The number of ether oxygens (including phenoxy) is 3. The molecule has 4 N–H and O–H groups in total. The molecular formula is C37H38N2O8S. The average Bonchev–Trinajstić information content (AvgIpc) is 3.11. The van der Waals surface area contributed by atoms with Gasteiger partial charge in [-0.3, -0.25) is 0 Å². The lowest BCUT2D eigenvalue weighted by Crippen LogP contribution is -2.45. The maximum Gasteiger partial charge on any atom is 0.336 e. The fourth-order valence-electron chi connectivity index (χ4n) is 5.52. The van der Waals surface area contributed by atoms with Crippen LogP contribution in [0.2, 0.25) is 0 Å². The molecule has 0 aromatic heterocycles. The summed E-state index contributed by atoms with van der Waals surface area (Å²) >= 11 is 1.41. The van der Waals surface area contributed by atoms with Crippen molar-refractivity contribution in [1.29, 1.82) is 0 Å². The highest BCUT2D eigenvalue weighted by Gasteiger charge is 2.38. The number of hydrogen-bond donors (Lipinski definition) is 4. The van der Waals surface area contributed by atoms with Crippen LogP contribution in [0.5, 0.6) is 0 Å². The highest BCUT2D eigenvalue weighted by atomic mass is 32.2. The Morgan fingerprint density at radius 1 is 0.875 bits per heavy atom. The van der Waals surface area contributed by atoms with Gasteiger partial charge in [0.2, 0.25) is 0 Å². The molecule has 0 bridgehead atoms. The van der Waals surface area contributed by atoms with Gasteiger partial charge in [-0.25, -0.2) is 14.4 Å². The predicted octanol–water partition coefficient (Wildman–Crippen LogP) is 6.37. The van der Waals surface area contributed by atoms with Gasteiger partial charge in [0.25, 0.3) is 0 Å². The molecule has 0 aliphatic carbocycles. The summed E-state index contributed by atoms with van der Waals surface area (Å²) in [6.45, 7) is 1.96. The highest BCUT2D eigenvalue weighted by molar-refractivity contribution is 7.99. The Labute approximate surface area is 283 Å². The number of aliphatic hydroxyl groups excluding tert-OH is 1. The molecule has 10 nitrogen and oxygen atoms in total. The van der Waals surface area contributed by atoms with Gasteiger partial charge in [-0.1, -0.05) is 85.8 Å². The van der Waals surface area contributed by atoms with Gasteiger partial charge in [0, 0.05) is 34.2 Å². The van der Waals surface area contributed by atoms with Crippen molar-refractivity contribution >= 4 is 35.4 Å². The number of rotatable bonds is 12. The molecule has 0 spiro atoms. The molecule has 48 heavy (non-hydrogen) atoms. The number of aliphatic hydroxyl groups is 1. The number of esters is 1. The molecule has 2 amide bonds. The first-order valence-corrected chi connectivity index (χ1v) is 16.5. The number of benzene rings is 4. The van der Waals surface area contributed by atoms with Gasteiger partial charge in [0.05, 0.1) is 31.5 Å². The summed E-state index contributed by atoms with van der Waals surface area (Å²) in [6, 6.07) is 29.4. The standard InChI is InChI=1S/C37H38N2O8S/c1-23-31(22-48-32-14-7-6-13-29(32)34(41)42)46-36(47-33(23)26-17-15-25(21-40)16-18-26)27-11-8-12-28(20-27)38-37(44)39-30(35(43)45-2)19-24-9-4-3-5-10-24/h3-18,20,23,30-31,33,36,40H,19,21-22H2,1-2H3,(H,41,42)(H2,38,39,44)/t23-,30+,31+,33+,36+/m1/s1. The van der Waals surface area contributed by atoms with E-state index in [1.54, 1.807) is 42.5 Å². The molecule has 0 saturated carbocycles. The number of carboxylic acid groups (broad SMARTS) is 1. The lowest BCUT2D eigenvalue weighted by Gasteiger charge is -2.41. The van der Waals surface area contributed by atoms with E-state index >= 15 is 0 Å². The topological polar surface area (TPSA) is 143 Å². The number of carbonyl (C=O) groups is 3. The Hall–Kier alpha value is -4.68. The number of urea groups is 1. The quantitative estimate of drug-likeness (QED) is 0.0999. The van der Waals surface area contributed by atoms with Crippen molar-refractivity contribution < 1.29 is 38.8 Å². The minimum Gasteiger partial charge on any atom is -0.478 e. The van der Waals surface area contributed by atoms with E-state index in [9.17, 15) is 24.6 Å². The first-order valence-electron chi connectivity index (χ1n) is 15.5. The van der Waals surface area contributed by atoms with Gasteiger partial charge in [-0.2, -0.15) is 0 Å². The van der Waals surface area contributed by atoms with E-state index in [-0.39, 0.29) is 36.7 Å². The zero-order valence-corrected chi connectivity index (χ0v) is 27.4. The van der Waals surface area contributed by atoms with Crippen molar-refractivity contribution in [2.24, 2.45) is 5.92 Å². The molecule has 1 saturated heterocycles. The number of anilines is 1. The van der Waals surface area contributed by atoms with Crippen LogP contribution in [0.25, 0.3) is 0 Å². The summed E-state index contributed by atoms with van der Waals surface area (Å²) < 4.78 is 18.0. The molecule has 1 aliphatic heterocycles. The minimum atomic E-state index is -0.995. The van der Waals surface area contributed by atoms with Crippen LogP contribution >= 0.6 is 11.8 Å². The molecule has 0 radical (unpaired) electrons. The van der Waals surface area contributed by atoms with E-state index in [4.69, 9.17) is 14.2 Å². The molecule has 250 valence electrons. The zero-order valence-electron chi connectivity index (χ0n) is 26.6. The van der Waals surface area contributed by atoms with E-state index in [0.29, 0.717) is 21.9 Å². The molecule has 4 aromatic rings. The lowest BCUT2D eigenvalue weighted by molar-refractivity contribution is -0.268. The fourth-order valence-corrected chi connectivity index (χ4v) is 6.74. The van der Waals surface area contributed by atoms with Crippen molar-refractivity contribution in [2.75, 3.05) is 18.2 Å². The van der Waals surface area contributed by atoms with Crippen LogP contribution in [0.15, 0.2) is 108 Å². The van der Waals surface area contributed by atoms with Gasteiger partial charge in [0.1, 0.15) is 6.04 Å². The SMILES string of the molecule is COC(=O)[C@H](Cc1ccccc1)NC(=O)Nc1cccc([C@H]2O[C@@H](CSc3ccccc3C(=O)O)[C@@H](C)[C@@H](c3ccc(CO)cc3)O2)c1. The third-order valence-electron chi connectivity index (χ3n) is 8.13. The molecule has 5 rings (SSSR count). The molecule has 1 heterocycles. The molecule has 11 heteroatoms. The Balaban J connectivity index is 1.34. The van der Waals surface area contributed by atoms with E-state index in [0.717, 1.165) is 16.7 Å². The number of amides is 2. The minimum absolute atomic E-state index is 0.0741. The molecule has 5 atom stereocenters. The second-order valence-electron chi connectivity index (χ2n) is 11.4. The first kappa shape index (κ1) is 34.6. The molecule has 1 aliphatic rings. The van der Waals surface area contributed by atoms with Gasteiger partial charge in [-0.15, -0.1) is 11.8 Å². The summed E-state index contributed by atoms with van der Waals surface area (Å²) in [5, 5.41) is 24.7. The lowest BCUT2D eigenvalue weighted by atomic mass is 9.91. The molecular weight excluding hydrogens is 632 g/mol. The van der Waals surface area contributed by atoms with Crippen molar-refractivity contribution in [3.05, 3.63) is 131 Å². The summed E-state index contributed by atoms with van der Waals surface area (Å²) in [5.41, 5.74) is 3.91. The van der Waals surface area contributed by atoms with Gasteiger partial charge >= 0.3 is 18.0 Å². The van der Waals surface area contributed by atoms with Crippen LogP contribution in [-0.2, 0) is 32.0 Å². The maximum atomic E-state index is 13.0. The highest BCUT2D eigenvalue weighted by Crippen LogP contribution is 2.43. The summed E-state index contributed by atoms with van der Waals surface area (Å²) in [5.74, 6) is -1.20. The number of carbonyl (C=O) groups excluding carboxylic acids is 2. The Kier molecular flexibility index (Phi) is 11.9. The van der Waals surface area contributed by atoms with Gasteiger partial charge in [0.15, 0.2) is 6.29 Å². The van der Waals surface area contributed by atoms with Crippen LogP contribution in [0, 0.1) is 5.92 Å². The number of carboxylic acids is 1. The van der Waals surface area contributed by atoms with Crippen molar-refractivity contribution in [2.45, 2.75) is 49.4 Å². The molecule has 4 aromatic carbocycles. The molecule has 0 unspecified atom stereocenters. The van der Waals surface area contributed by atoms with Gasteiger partial charge in [-0.05, 0) is 41.0 Å². The van der Waals surface area contributed by atoms with Crippen molar-refractivity contribution in [3.8, 4) is 0 Å². The monoisotopic (exact) mass is 670 g/mol. The van der Waals surface area contributed by atoms with E-state index < -0.39 is 30.3 Å². The number of methoxy groups -OCH3 is 1. The Bertz CT molecular complexity index is 1700. The van der Waals surface area contributed by atoms with Crippen molar-refractivity contribution in [3.63, 3.8) is 0 Å². The Morgan fingerprint density at radius 3 is 2.31 bits per heavy atom.